The van der Waals surface area contributed by atoms with Gasteiger partial charge < -0.3 is 5.32 Å². The highest BCUT2D eigenvalue weighted by atomic mass is 15.1. The average Bonchev–Trinajstić information content (AvgIpc) is 2.61. The lowest BCUT2D eigenvalue weighted by Crippen LogP contribution is -2.36. The second kappa shape index (κ2) is 9.89. The van der Waals surface area contributed by atoms with E-state index in [0.29, 0.717) is 0 Å². The van der Waals surface area contributed by atoms with E-state index in [1.54, 1.807) is 0 Å². The third-order valence-electron chi connectivity index (χ3n) is 5.74. The molecule has 3 nitrogen and oxygen atoms in total. The largest absolute Gasteiger partial charge is 0.390 e. The van der Waals surface area contributed by atoms with Crippen molar-refractivity contribution in [1.29, 1.82) is 5.26 Å². The standard InChI is InChI=1S/C21H35N3/c1-4-5-11-21(23-3)19(14-22)20-16-24(13-12-17(20)2)15-18-9-7-6-8-10-18/h18,23H,4-13,15-16H2,1-3H3/b21-19+. The molecule has 0 radical (unpaired) electrons. The summed E-state index contributed by atoms with van der Waals surface area (Å²) in [5.41, 5.74) is 4.75. The zero-order valence-corrected chi connectivity index (χ0v) is 16.0. The maximum absolute atomic E-state index is 9.80. The monoisotopic (exact) mass is 329 g/mol. The van der Waals surface area contributed by atoms with Crippen molar-refractivity contribution < 1.29 is 0 Å². The van der Waals surface area contributed by atoms with E-state index in [9.17, 15) is 5.26 Å². The molecule has 1 fully saturated rings. The Morgan fingerprint density at radius 2 is 2.04 bits per heavy atom. The number of nitrogens with zero attached hydrogens (tertiary/aromatic N) is 2. The van der Waals surface area contributed by atoms with Gasteiger partial charge in [-0.25, -0.2) is 0 Å². The van der Waals surface area contributed by atoms with Gasteiger partial charge in [-0.3, -0.25) is 4.90 Å². The molecule has 0 atom stereocenters. The smallest absolute Gasteiger partial charge is 0.101 e. The molecule has 2 aliphatic rings. The lowest BCUT2D eigenvalue weighted by atomic mass is 9.87. The van der Waals surface area contributed by atoms with E-state index in [2.05, 4.69) is 30.1 Å². The summed E-state index contributed by atoms with van der Waals surface area (Å²) in [6, 6.07) is 2.52. The first-order valence-electron chi connectivity index (χ1n) is 9.91. The van der Waals surface area contributed by atoms with Gasteiger partial charge in [-0.15, -0.1) is 0 Å². The summed E-state index contributed by atoms with van der Waals surface area (Å²) in [4.78, 5) is 2.60. The van der Waals surface area contributed by atoms with Crippen LogP contribution >= 0.6 is 0 Å². The summed E-state index contributed by atoms with van der Waals surface area (Å²) < 4.78 is 0. The lowest BCUT2D eigenvalue weighted by molar-refractivity contribution is 0.208. The molecule has 0 spiro atoms. The third-order valence-corrected chi connectivity index (χ3v) is 5.74. The molecule has 0 saturated heterocycles. The van der Waals surface area contributed by atoms with Crippen LogP contribution in [0.15, 0.2) is 22.4 Å². The fourth-order valence-corrected chi connectivity index (χ4v) is 4.14. The summed E-state index contributed by atoms with van der Waals surface area (Å²) >= 11 is 0. The first-order valence-corrected chi connectivity index (χ1v) is 9.91. The first-order chi connectivity index (χ1) is 11.7. The Balaban J connectivity index is 2.10. The molecule has 3 heteroatoms. The Morgan fingerprint density at radius 1 is 1.29 bits per heavy atom. The van der Waals surface area contributed by atoms with Crippen LogP contribution in [0.1, 0.15) is 71.6 Å². The highest BCUT2D eigenvalue weighted by molar-refractivity contribution is 5.49. The molecule has 24 heavy (non-hydrogen) atoms. The van der Waals surface area contributed by atoms with Crippen LogP contribution in [0.2, 0.25) is 0 Å². The fraction of sp³-hybridized carbons (Fsp3) is 0.762. The Hall–Kier alpha value is -1.27. The number of nitriles is 1. The number of unbranched alkanes of at least 4 members (excludes halogenated alkanes) is 1. The Labute approximate surface area is 148 Å². The molecule has 1 aliphatic heterocycles. The second-order valence-electron chi connectivity index (χ2n) is 7.57. The first kappa shape index (κ1) is 19.1. The highest BCUT2D eigenvalue weighted by Crippen LogP contribution is 2.29. The van der Waals surface area contributed by atoms with Crippen molar-refractivity contribution in [3.63, 3.8) is 0 Å². The molecule has 2 rings (SSSR count). The van der Waals surface area contributed by atoms with Crippen molar-refractivity contribution in [3.8, 4) is 6.07 Å². The molecule has 1 aliphatic carbocycles. The van der Waals surface area contributed by atoms with Gasteiger partial charge in [-0.2, -0.15) is 5.26 Å². The van der Waals surface area contributed by atoms with Crippen LogP contribution in [-0.2, 0) is 0 Å². The molecule has 0 amide bonds. The predicted molar refractivity (Wildman–Crippen MR) is 102 cm³/mol. The molecule has 0 aromatic carbocycles. The van der Waals surface area contributed by atoms with Gasteiger partial charge in [0.15, 0.2) is 0 Å². The topological polar surface area (TPSA) is 39.1 Å². The predicted octanol–water partition coefficient (Wildman–Crippen LogP) is 4.78. The SMILES string of the molecule is CCCC/C(NC)=C(/C#N)C1=C(C)CCN(CC2CCCCC2)C1. The van der Waals surface area contributed by atoms with Crippen molar-refractivity contribution in [1.82, 2.24) is 10.2 Å². The molecular weight excluding hydrogens is 294 g/mol. The highest BCUT2D eigenvalue weighted by Gasteiger charge is 2.24. The van der Waals surface area contributed by atoms with Crippen LogP contribution in [0.4, 0.5) is 0 Å². The Kier molecular flexibility index (Phi) is 7.85. The zero-order valence-electron chi connectivity index (χ0n) is 16.0. The van der Waals surface area contributed by atoms with Gasteiger partial charge in [-0.1, -0.05) is 38.2 Å². The van der Waals surface area contributed by atoms with Crippen LogP contribution in [0.25, 0.3) is 0 Å². The minimum absolute atomic E-state index is 0.872. The van der Waals surface area contributed by atoms with Crippen LogP contribution in [0.3, 0.4) is 0 Å². The van der Waals surface area contributed by atoms with Gasteiger partial charge in [0.05, 0.1) is 5.57 Å². The van der Waals surface area contributed by atoms with Gasteiger partial charge in [0, 0.05) is 32.4 Å². The Morgan fingerprint density at radius 3 is 2.67 bits per heavy atom. The second-order valence-corrected chi connectivity index (χ2v) is 7.57. The summed E-state index contributed by atoms with van der Waals surface area (Å²) in [5, 5.41) is 13.1. The van der Waals surface area contributed by atoms with E-state index in [-0.39, 0.29) is 0 Å². The average molecular weight is 330 g/mol. The van der Waals surface area contributed by atoms with Crippen LogP contribution in [0, 0.1) is 17.2 Å². The quantitative estimate of drug-likeness (QED) is 0.683. The molecule has 0 aromatic heterocycles. The van der Waals surface area contributed by atoms with E-state index in [0.717, 1.165) is 56.0 Å². The van der Waals surface area contributed by atoms with Crippen LogP contribution in [0.5, 0.6) is 0 Å². The van der Waals surface area contributed by atoms with E-state index < -0.39 is 0 Å². The Bertz CT molecular complexity index is 504. The third kappa shape index (κ3) is 5.11. The zero-order chi connectivity index (χ0) is 17.4. The molecule has 1 heterocycles. The summed E-state index contributed by atoms with van der Waals surface area (Å²) in [7, 11) is 1.96. The fourth-order valence-electron chi connectivity index (χ4n) is 4.14. The number of nitrogens with one attached hydrogen (secondary N) is 1. The van der Waals surface area contributed by atoms with Crippen molar-refractivity contribution in [3.05, 3.63) is 22.4 Å². The van der Waals surface area contributed by atoms with E-state index >= 15 is 0 Å². The normalized spacial score (nSPS) is 21.4. The van der Waals surface area contributed by atoms with Gasteiger partial charge in [0.25, 0.3) is 0 Å². The van der Waals surface area contributed by atoms with E-state index in [1.807, 2.05) is 7.05 Å². The van der Waals surface area contributed by atoms with Gasteiger partial charge in [0.1, 0.15) is 6.07 Å². The number of allylic oxidation sites excluding steroid dienone is 1. The summed E-state index contributed by atoms with van der Waals surface area (Å²) in [5.74, 6) is 0.872. The molecular formula is C21H35N3. The molecule has 1 saturated carbocycles. The lowest BCUT2D eigenvalue weighted by Gasteiger charge is -2.34. The summed E-state index contributed by atoms with van der Waals surface area (Å²) in [6.45, 7) is 7.77. The molecule has 1 N–H and O–H groups in total. The number of rotatable bonds is 7. The van der Waals surface area contributed by atoms with Crippen LogP contribution in [-0.4, -0.2) is 31.6 Å². The number of hydrogen-bond acceptors (Lipinski definition) is 3. The molecule has 134 valence electrons. The van der Waals surface area contributed by atoms with E-state index in [4.69, 9.17) is 0 Å². The van der Waals surface area contributed by atoms with Crippen molar-refractivity contribution in [2.45, 2.75) is 71.6 Å². The van der Waals surface area contributed by atoms with Gasteiger partial charge in [-0.05, 0) is 50.5 Å². The minimum Gasteiger partial charge on any atom is -0.390 e. The molecule has 0 bridgehead atoms. The number of hydrogen-bond donors (Lipinski definition) is 1. The summed E-state index contributed by atoms with van der Waals surface area (Å²) in [6.07, 6.45) is 11.4. The maximum Gasteiger partial charge on any atom is 0.101 e. The van der Waals surface area contributed by atoms with Crippen LogP contribution < -0.4 is 5.32 Å². The molecule has 0 unspecified atom stereocenters. The van der Waals surface area contributed by atoms with Crippen molar-refractivity contribution in [2.24, 2.45) is 5.92 Å². The van der Waals surface area contributed by atoms with Gasteiger partial charge in [0.2, 0.25) is 0 Å². The van der Waals surface area contributed by atoms with Crippen molar-refractivity contribution in [2.75, 3.05) is 26.7 Å². The van der Waals surface area contributed by atoms with Gasteiger partial charge >= 0.3 is 0 Å². The maximum atomic E-state index is 9.80. The molecule has 0 aromatic rings. The van der Waals surface area contributed by atoms with E-state index in [1.165, 1.54) is 49.8 Å². The van der Waals surface area contributed by atoms with Crippen molar-refractivity contribution >= 4 is 0 Å². The minimum atomic E-state index is 0.872.